The van der Waals surface area contributed by atoms with Gasteiger partial charge in [-0.05, 0) is 12.1 Å². The van der Waals surface area contributed by atoms with Crippen molar-refractivity contribution in [1.82, 2.24) is 5.32 Å². The smallest absolute Gasteiger partial charge is 0.231 e. The van der Waals surface area contributed by atoms with Gasteiger partial charge in [0.05, 0.1) is 6.04 Å². The van der Waals surface area contributed by atoms with Crippen molar-refractivity contribution in [3.05, 3.63) is 23.8 Å². The summed E-state index contributed by atoms with van der Waals surface area (Å²) in [5.41, 5.74) is 0.178. The Hall–Kier alpha value is -1.69. The number of benzene rings is 1. The lowest BCUT2D eigenvalue weighted by Crippen LogP contribution is -2.37. The number of hydrogen-bond donors (Lipinski definition) is 3. The average molecular weight is 294 g/mol. The van der Waals surface area contributed by atoms with Gasteiger partial charge in [-0.3, -0.25) is 9.79 Å². The van der Waals surface area contributed by atoms with E-state index < -0.39 is 5.41 Å². The summed E-state index contributed by atoms with van der Waals surface area (Å²) in [7, 11) is 0. The molecule has 1 heterocycles. The van der Waals surface area contributed by atoms with Crippen LogP contribution < -0.4 is 5.32 Å². The Morgan fingerprint density at radius 1 is 1.40 bits per heavy atom. The molecule has 2 rings (SSSR count). The summed E-state index contributed by atoms with van der Waals surface area (Å²) < 4.78 is 0. The molecule has 1 aliphatic rings. The van der Waals surface area contributed by atoms with E-state index in [1.165, 1.54) is 23.9 Å². The lowest BCUT2D eigenvalue weighted by atomic mass is 9.96. The van der Waals surface area contributed by atoms with Gasteiger partial charge in [-0.1, -0.05) is 32.5 Å². The Labute approximate surface area is 122 Å². The molecule has 0 bridgehead atoms. The molecule has 1 aromatic carbocycles. The van der Waals surface area contributed by atoms with Crippen molar-refractivity contribution in [2.24, 2.45) is 10.4 Å². The van der Waals surface area contributed by atoms with Crippen molar-refractivity contribution in [2.45, 2.75) is 26.8 Å². The summed E-state index contributed by atoms with van der Waals surface area (Å²) >= 11 is 1.45. The van der Waals surface area contributed by atoms with Crippen LogP contribution in [-0.4, -0.2) is 27.0 Å². The van der Waals surface area contributed by atoms with Gasteiger partial charge in [-0.25, -0.2) is 0 Å². The van der Waals surface area contributed by atoms with E-state index in [0.717, 1.165) is 0 Å². The van der Waals surface area contributed by atoms with Gasteiger partial charge in [0.1, 0.15) is 11.5 Å². The fourth-order valence-electron chi connectivity index (χ4n) is 1.70. The van der Waals surface area contributed by atoms with Gasteiger partial charge >= 0.3 is 0 Å². The lowest BCUT2D eigenvalue weighted by Gasteiger charge is -2.16. The quantitative estimate of drug-likeness (QED) is 0.743. The number of thioether (sulfide) groups is 1. The largest absolute Gasteiger partial charge is 0.508 e. The second-order valence-electron chi connectivity index (χ2n) is 5.71. The number of carbonyl (C=O) groups is 1. The van der Waals surface area contributed by atoms with Crippen LogP contribution in [0.5, 0.6) is 11.5 Å². The Bertz CT molecular complexity index is 564. The third-order valence-electron chi connectivity index (χ3n) is 2.93. The number of aliphatic imine (C=N–C) groups is 1. The molecular weight excluding hydrogens is 276 g/mol. The molecule has 3 N–H and O–H groups in total. The van der Waals surface area contributed by atoms with Crippen molar-refractivity contribution in [1.29, 1.82) is 0 Å². The molecule has 0 radical (unpaired) electrons. The predicted molar refractivity (Wildman–Crippen MR) is 80.0 cm³/mol. The minimum absolute atomic E-state index is 0.0159. The maximum Gasteiger partial charge on any atom is 0.231 e. The van der Waals surface area contributed by atoms with E-state index in [1.807, 2.05) is 20.8 Å². The van der Waals surface area contributed by atoms with E-state index in [0.29, 0.717) is 16.5 Å². The van der Waals surface area contributed by atoms with Crippen molar-refractivity contribution in [3.8, 4) is 11.5 Å². The summed E-state index contributed by atoms with van der Waals surface area (Å²) in [4.78, 5) is 16.3. The molecule has 0 aliphatic carbocycles. The number of nitrogens with one attached hydrogen (secondary N) is 1. The molecule has 6 heteroatoms. The van der Waals surface area contributed by atoms with Crippen LogP contribution in [0.2, 0.25) is 0 Å². The van der Waals surface area contributed by atoms with Crippen LogP contribution in [0.4, 0.5) is 0 Å². The third-order valence-corrected chi connectivity index (χ3v) is 3.89. The first-order chi connectivity index (χ1) is 9.27. The fourth-order valence-corrected chi connectivity index (χ4v) is 2.64. The summed E-state index contributed by atoms with van der Waals surface area (Å²) in [6, 6.07) is 4.24. The SMILES string of the molecule is CC(C)(C)C(=O)NC1=NC(c2ccc(O)cc2O)CS1. The molecule has 1 aliphatic heterocycles. The number of carbonyl (C=O) groups excluding carboxylic acids is 1. The number of phenolic OH excluding ortho intramolecular Hbond substituents is 2. The van der Waals surface area contributed by atoms with Gasteiger partial charge in [0.2, 0.25) is 5.91 Å². The minimum atomic E-state index is -0.470. The highest BCUT2D eigenvalue weighted by molar-refractivity contribution is 8.14. The van der Waals surface area contributed by atoms with Crippen molar-refractivity contribution >= 4 is 22.8 Å². The van der Waals surface area contributed by atoms with Crippen LogP contribution in [0, 0.1) is 5.41 Å². The molecule has 1 aromatic rings. The number of hydrogen-bond acceptors (Lipinski definition) is 5. The van der Waals surface area contributed by atoms with Gasteiger partial charge in [-0.2, -0.15) is 0 Å². The van der Waals surface area contributed by atoms with E-state index in [1.54, 1.807) is 6.07 Å². The molecule has 1 amide bonds. The number of amides is 1. The summed E-state index contributed by atoms with van der Waals surface area (Å²) in [5.74, 6) is 0.599. The molecule has 108 valence electrons. The lowest BCUT2D eigenvalue weighted by molar-refractivity contribution is -0.126. The van der Waals surface area contributed by atoms with Crippen molar-refractivity contribution in [3.63, 3.8) is 0 Å². The van der Waals surface area contributed by atoms with Gasteiger partial charge in [0, 0.05) is 22.8 Å². The van der Waals surface area contributed by atoms with Crippen LogP contribution in [0.15, 0.2) is 23.2 Å². The Morgan fingerprint density at radius 3 is 2.70 bits per heavy atom. The Balaban J connectivity index is 2.12. The third kappa shape index (κ3) is 3.25. The zero-order chi connectivity index (χ0) is 14.9. The summed E-state index contributed by atoms with van der Waals surface area (Å²) in [5, 5.41) is 22.5. The average Bonchev–Trinajstić information content (AvgIpc) is 2.76. The number of phenols is 2. The standard InChI is InChI=1S/C14H18N2O3S/c1-14(2,3)12(19)16-13-15-10(7-20-13)9-5-4-8(17)6-11(9)18/h4-6,10,17-18H,7H2,1-3H3,(H,15,16,19). The maximum atomic E-state index is 11.9. The maximum absolute atomic E-state index is 11.9. The zero-order valence-corrected chi connectivity index (χ0v) is 12.5. The van der Waals surface area contributed by atoms with Crippen LogP contribution >= 0.6 is 11.8 Å². The molecule has 0 saturated carbocycles. The molecule has 0 aromatic heterocycles. The molecule has 5 nitrogen and oxygen atoms in total. The number of rotatable bonds is 1. The Kier molecular flexibility index (Phi) is 3.94. The fraction of sp³-hybridized carbons (Fsp3) is 0.429. The molecule has 0 saturated heterocycles. The van der Waals surface area contributed by atoms with Crippen LogP contribution in [0.1, 0.15) is 32.4 Å². The van der Waals surface area contributed by atoms with Crippen LogP contribution in [-0.2, 0) is 4.79 Å². The topological polar surface area (TPSA) is 81.9 Å². The van der Waals surface area contributed by atoms with Crippen LogP contribution in [0.3, 0.4) is 0 Å². The highest BCUT2D eigenvalue weighted by atomic mass is 32.2. The number of nitrogens with zero attached hydrogens (tertiary/aromatic N) is 1. The summed E-state index contributed by atoms with van der Waals surface area (Å²) in [6.07, 6.45) is 0. The second kappa shape index (κ2) is 5.36. The first-order valence-electron chi connectivity index (χ1n) is 6.31. The van der Waals surface area contributed by atoms with Crippen molar-refractivity contribution in [2.75, 3.05) is 5.75 Å². The van der Waals surface area contributed by atoms with Gasteiger partial charge in [0.15, 0.2) is 5.17 Å². The minimum Gasteiger partial charge on any atom is -0.508 e. The summed E-state index contributed by atoms with van der Waals surface area (Å²) in [6.45, 7) is 5.52. The zero-order valence-electron chi connectivity index (χ0n) is 11.7. The second-order valence-corrected chi connectivity index (χ2v) is 6.72. The first kappa shape index (κ1) is 14.7. The molecule has 0 spiro atoms. The van der Waals surface area contributed by atoms with E-state index in [9.17, 15) is 15.0 Å². The number of aromatic hydroxyl groups is 2. The highest BCUT2D eigenvalue weighted by Crippen LogP contribution is 2.36. The monoisotopic (exact) mass is 294 g/mol. The van der Waals surface area contributed by atoms with E-state index in [4.69, 9.17) is 0 Å². The number of amidine groups is 1. The van der Waals surface area contributed by atoms with Gasteiger partial charge in [-0.15, -0.1) is 0 Å². The van der Waals surface area contributed by atoms with Gasteiger partial charge in [0.25, 0.3) is 0 Å². The predicted octanol–water partition coefficient (Wildman–Crippen LogP) is 2.40. The van der Waals surface area contributed by atoms with Gasteiger partial charge < -0.3 is 15.5 Å². The molecule has 20 heavy (non-hydrogen) atoms. The molecule has 1 unspecified atom stereocenters. The first-order valence-corrected chi connectivity index (χ1v) is 7.30. The molecule has 1 atom stereocenters. The van der Waals surface area contributed by atoms with E-state index in [2.05, 4.69) is 10.3 Å². The molecular formula is C14H18N2O3S. The molecule has 0 fully saturated rings. The van der Waals surface area contributed by atoms with Crippen LogP contribution in [0.25, 0.3) is 0 Å². The highest BCUT2D eigenvalue weighted by Gasteiger charge is 2.27. The van der Waals surface area contributed by atoms with E-state index in [-0.39, 0.29) is 23.4 Å². The van der Waals surface area contributed by atoms with E-state index >= 15 is 0 Å². The Morgan fingerprint density at radius 2 is 2.10 bits per heavy atom. The van der Waals surface area contributed by atoms with Crippen molar-refractivity contribution < 1.29 is 15.0 Å². The normalized spacial score (nSPS) is 18.8.